The predicted octanol–water partition coefficient (Wildman–Crippen LogP) is 0.777. The molecule has 0 fully saturated rings. The molecule has 0 aliphatic rings. The lowest BCUT2D eigenvalue weighted by molar-refractivity contribution is -0.0224. The minimum absolute atomic E-state index is 0.243. The highest BCUT2D eigenvalue weighted by Gasteiger charge is 2.30. The highest BCUT2D eigenvalue weighted by Crippen LogP contribution is 2.09. The first kappa shape index (κ1) is 22.1. The molecule has 0 aliphatic heterocycles. The molecule has 5 heteroatoms. The van der Waals surface area contributed by atoms with Crippen molar-refractivity contribution in [3.05, 3.63) is 0 Å². The molecule has 0 aromatic rings. The van der Waals surface area contributed by atoms with Crippen molar-refractivity contribution >= 4 is 0 Å². The third-order valence-electron chi connectivity index (χ3n) is 3.62. The molecule has 0 spiro atoms. The van der Waals surface area contributed by atoms with Gasteiger partial charge in [-0.05, 0) is 55.6 Å². The molecule has 0 bridgehead atoms. The minimum Gasteiger partial charge on any atom is -0.394 e. The summed E-state index contributed by atoms with van der Waals surface area (Å²) in [6.45, 7) is 12.8. The monoisotopic (exact) mass is 292 g/mol. The third kappa shape index (κ3) is 6.99. The van der Waals surface area contributed by atoms with Crippen LogP contribution in [0.4, 0.5) is 0 Å². The molecule has 0 aromatic heterocycles. The highest BCUT2D eigenvalue weighted by atomic mass is 16.3. The van der Waals surface area contributed by atoms with Crippen molar-refractivity contribution in [1.82, 2.24) is 9.80 Å². The predicted molar refractivity (Wildman–Crippen MR) is 84.9 cm³/mol. The average Bonchev–Trinajstić information content (AvgIpc) is 2.30. The third-order valence-corrected chi connectivity index (χ3v) is 3.62. The van der Waals surface area contributed by atoms with E-state index >= 15 is 0 Å². The van der Waals surface area contributed by atoms with Crippen molar-refractivity contribution < 1.29 is 15.3 Å². The molecule has 0 saturated heterocycles. The van der Waals surface area contributed by atoms with E-state index in [9.17, 15) is 0 Å². The summed E-state index contributed by atoms with van der Waals surface area (Å²) >= 11 is 0. The quantitative estimate of drug-likeness (QED) is 0.647. The van der Waals surface area contributed by atoms with Gasteiger partial charge in [-0.3, -0.25) is 9.80 Å². The summed E-state index contributed by atoms with van der Waals surface area (Å²) in [5, 5.41) is 26.4. The summed E-state index contributed by atoms with van der Waals surface area (Å²) in [5.41, 5.74) is -0.875. The Labute approximate surface area is 125 Å². The molecule has 0 atom stereocenters. The van der Waals surface area contributed by atoms with Crippen LogP contribution in [-0.4, -0.2) is 82.7 Å². The van der Waals surface area contributed by atoms with E-state index in [0.717, 1.165) is 0 Å². The molecular formula is C15H36N2O3. The Morgan fingerprint density at radius 1 is 0.700 bits per heavy atom. The van der Waals surface area contributed by atoms with Gasteiger partial charge in [0.05, 0.1) is 25.4 Å². The summed E-state index contributed by atoms with van der Waals surface area (Å²) in [5.74, 6) is 0. The maximum atomic E-state index is 8.79. The van der Waals surface area contributed by atoms with Crippen LogP contribution in [0.2, 0.25) is 0 Å². The van der Waals surface area contributed by atoms with Crippen molar-refractivity contribution in [1.29, 1.82) is 0 Å². The van der Waals surface area contributed by atoms with Crippen LogP contribution in [0.5, 0.6) is 0 Å². The summed E-state index contributed by atoms with van der Waals surface area (Å²) in [4.78, 5) is 4.10. The zero-order chi connectivity index (χ0) is 16.5. The number of hydrogen-bond acceptors (Lipinski definition) is 5. The van der Waals surface area contributed by atoms with Crippen molar-refractivity contribution in [2.75, 3.05) is 33.9 Å². The first-order valence-electron chi connectivity index (χ1n) is 7.37. The van der Waals surface area contributed by atoms with Gasteiger partial charge in [0.1, 0.15) is 0 Å². The molecule has 0 saturated carbocycles. The van der Waals surface area contributed by atoms with Gasteiger partial charge in [0.15, 0.2) is 0 Å². The van der Waals surface area contributed by atoms with Crippen LogP contribution in [0.15, 0.2) is 0 Å². The lowest BCUT2D eigenvalue weighted by Gasteiger charge is -2.34. The number of aliphatic hydroxyl groups is 3. The number of rotatable bonds is 7. The summed E-state index contributed by atoms with van der Waals surface area (Å²) < 4.78 is 0. The van der Waals surface area contributed by atoms with Crippen LogP contribution in [-0.2, 0) is 0 Å². The van der Waals surface area contributed by atoms with Crippen LogP contribution < -0.4 is 0 Å². The van der Waals surface area contributed by atoms with E-state index in [-0.39, 0.29) is 19.8 Å². The van der Waals surface area contributed by atoms with E-state index < -0.39 is 5.54 Å². The molecule has 5 nitrogen and oxygen atoms in total. The zero-order valence-corrected chi connectivity index (χ0v) is 14.6. The van der Waals surface area contributed by atoms with E-state index in [0.29, 0.717) is 18.1 Å². The minimum atomic E-state index is -0.875. The lowest BCUT2D eigenvalue weighted by atomic mass is 10.0. The molecule has 20 heavy (non-hydrogen) atoms. The fourth-order valence-corrected chi connectivity index (χ4v) is 2.36. The second-order valence-electron chi connectivity index (χ2n) is 6.32. The second kappa shape index (κ2) is 10.5. The molecule has 0 aromatic carbocycles. The van der Waals surface area contributed by atoms with Gasteiger partial charge >= 0.3 is 0 Å². The van der Waals surface area contributed by atoms with Crippen LogP contribution in [0.3, 0.4) is 0 Å². The number of likely N-dealkylation sites (N-methyl/N-ethyl adjacent to an activating group) is 1. The van der Waals surface area contributed by atoms with E-state index in [1.54, 1.807) is 19.0 Å². The maximum absolute atomic E-state index is 8.79. The highest BCUT2D eigenvalue weighted by molar-refractivity contribution is 4.85. The number of nitrogens with zero attached hydrogens (tertiary/aromatic N) is 2. The van der Waals surface area contributed by atoms with Gasteiger partial charge in [-0.1, -0.05) is 0 Å². The van der Waals surface area contributed by atoms with Crippen molar-refractivity contribution in [3.8, 4) is 0 Å². The molecule has 3 N–H and O–H groups in total. The van der Waals surface area contributed by atoms with E-state index in [4.69, 9.17) is 15.3 Å². The van der Waals surface area contributed by atoms with Gasteiger partial charge in [0.25, 0.3) is 0 Å². The normalized spacial score (nSPS) is 12.6. The van der Waals surface area contributed by atoms with Crippen LogP contribution >= 0.6 is 0 Å². The molecule has 0 aliphatic carbocycles. The Kier molecular flexibility index (Phi) is 11.6. The molecule has 124 valence electrons. The molecule has 0 radical (unpaired) electrons. The van der Waals surface area contributed by atoms with E-state index in [2.05, 4.69) is 46.4 Å². The largest absolute Gasteiger partial charge is 0.394 e. The summed E-state index contributed by atoms with van der Waals surface area (Å²) in [6, 6.07) is 2.00. The Balaban J connectivity index is 0. The van der Waals surface area contributed by atoms with Crippen molar-refractivity contribution in [2.24, 2.45) is 0 Å². The van der Waals surface area contributed by atoms with E-state index in [1.165, 1.54) is 0 Å². The average molecular weight is 292 g/mol. The van der Waals surface area contributed by atoms with Crippen molar-refractivity contribution in [2.45, 2.75) is 65.2 Å². The fraction of sp³-hybridized carbons (Fsp3) is 1.00. The van der Waals surface area contributed by atoms with Crippen LogP contribution in [0.1, 0.15) is 41.5 Å². The van der Waals surface area contributed by atoms with Gasteiger partial charge in [-0.2, -0.15) is 0 Å². The zero-order valence-electron chi connectivity index (χ0n) is 14.6. The Hall–Kier alpha value is -0.200. The van der Waals surface area contributed by atoms with Gasteiger partial charge in [0, 0.05) is 18.1 Å². The second-order valence-corrected chi connectivity index (χ2v) is 6.32. The number of hydrogen-bond donors (Lipinski definition) is 3. The van der Waals surface area contributed by atoms with Gasteiger partial charge in [-0.25, -0.2) is 0 Å². The summed E-state index contributed by atoms with van der Waals surface area (Å²) in [6.07, 6.45) is 0. The first-order valence-corrected chi connectivity index (χ1v) is 7.37. The fourth-order valence-electron chi connectivity index (χ4n) is 2.36. The Morgan fingerprint density at radius 2 is 0.950 bits per heavy atom. The van der Waals surface area contributed by atoms with Crippen LogP contribution in [0, 0.1) is 0 Å². The SMILES string of the molecule is CC(C)N(C(C)C)C(C)C.CN(C)C(CO)(CO)CO. The standard InChI is InChI=1S/C9H21N.C6H15NO3/c1-7(2)10(8(3)4)9(5)6;1-7(2)6(3-8,4-9)5-10/h7-9H,1-6H3;8-10H,3-5H2,1-2H3. The smallest absolute Gasteiger partial charge is 0.0901 e. The Morgan fingerprint density at radius 3 is 0.950 bits per heavy atom. The molecule has 0 amide bonds. The molecule has 0 rings (SSSR count). The van der Waals surface area contributed by atoms with E-state index in [1.807, 2.05) is 0 Å². The lowest BCUT2D eigenvalue weighted by Crippen LogP contribution is -2.53. The summed E-state index contributed by atoms with van der Waals surface area (Å²) in [7, 11) is 3.39. The van der Waals surface area contributed by atoms with Gasteiger partial charge in [0.2, 0.25) is 0 Å². The van der Waals surface area contributed by atoms with Crippen LogP contribution in [0.25, 0.3) is 0 Å². The molecular weight excluding hydrogens is 256 g/mol. The topological polar surface area (TPSA) is 67.2 Å². The van der Waals surface area contributed by atoms with Crippen molar-refractivity contribution in [3.63, 3.8) is 0 Å². The Bertz CT molecular complexity index is 200. The first-order chi connectivity index (χ1) is 9.09. The molecule has 0 heterocycles. The van der Waals surface area contributed by atoms with Gasteiger partial charge < -0.3 is 15.3 Å². The van der Waals surface area contributed by atoms with Gasteiger partial charge in [-0.15, -0.1) is 0 Å². The molecule has 0 unspecified atom stereocenters. The number of aliphatic hydroxyl groups excluding tert-OH is 3. The maximum Gasteiger partial charge on any atom is 0.0901 e.